The maximum Gasteiger partial charge on any atom is 0.0446 e. The number of piperidine rings is 1. The van der Waals surface area contributed by atoms with E-state index in [0.29, 0.717) is 6.04 Å². The standard InChI is InChI=1S/C18H30N2/c1-13-8-14(2)11-20(10-13)12-18(19-5)17-7-6-15(3)16(4)9-17/h6-7,9,13-14,18-19H,8,10-12H2,1-5H3. The minimum Gasteiger partial charge on any atom is -0.312 e. The maximum absolute atomic E-state index is 3.50. The van der Waals surface area contributed by atoms with Crippen molar-refractivity contribution in [2.24, 2.45) is 11.8 Å². The number of nitrogens with one attached hydrogen (secondary N) is 1. The molecule has 0 radical (unpaired) electrons. The molecule has 1 fully saturated rings. The topological polar surface area (TPSA) is 15.3 Å². The number of benzene rings is 1. The van der Waals surface area contributed by atoms with Gasteiger partial charge in [0, 0.05) is 25.7 Å². The van der Waals surface area contributed by atoms with Crippen molar-refractivity contribution in [2.45, 2.75) is 40.2 Å². The first-order chi connectivity index (χ1) is 9.49. The van der Waals surface area contributed by atoms with E-state index in [1.807, 2.05) is 0 Å². The number of hydrogen-bond acceptors (Lipinski definition) is 2. The van der Waals surface area contributed by atoms with Crippen LogP contribution in [-0.4, -0.2) is 31.6 Å². The van der Waals surface area contributed by atoms with Crippen molar-refractivity contribution in [3.63, 3.8) is 0 Å². The number of hydrogen-bond donors (Lipinski definition) is 1. The van der Waals surface area contributed by atoms with Gasteiger partial charge in [-0.2, -0.15) is 0 Å². The summed E-state index contributed by atoms with van der Waals surface area (Å²) in [6.45, 7) is 12.8. The van der Waals surface area contributed by atoms with Crippen LogP contribution in [0.25, 0.3) is 0 Å². The molecule has 0 spiro atoms. The molecule has 112 valence electrons. The van der Waals surface area contributed by atoms with Gasteiger partial charge in [0.05, 0.1) is 0 Å². The van der Waals surface area contributed by atoms with Crippen molar-refractivity contribution >= 4 is 0 Å². The largest absolute Gasteiger partial charge is 0.312 e. The van der Waals surface area contributed by atoms with E-state index in [2.05, 4.69) is 63.2 Å². The van der Waals surface area contributed by atoms with Gasteiger partial charge in [-0.3, -0.25) is 0 Å². The van der Waals surface area contributed by atoms with Crippen LogP contribution in [0.15, 0.2) is 18.2 Å². The Kier molecular flexibility index (Phi) is 5.22. The highest BCUT2D eigenvalue weighted by atomic mass is 15.2. The van der Waals surface area contributed by atoms with E-state index in [-0.39, 0.29) is 0 Å². The lowest BCUT2D eigenvalue weighted by molar-refractivity contribution is 0.129. The molecule has 20 heavy (non-hydrogen) atoms. The van der Waals surface area contributed by atoms with E-state index in [1.54, 1.807) is 0 Å². The summed E-state index contributed by atoms with van der Waals surface area (Å²) in [6, 6.07) is 7.30. The average Bonchev–Trinajstić information content (AvgIpc) is 2.38. The molecule has 3 atom stereocenters. The number of aryl methyl sites for hydroxylation is 2. The molecular formula is C18H30N2. The van der Waals surface area contributed by atoms with Gasteiger partial charge in [-0.05, 0) is 55.8 Å². The van der Waals surface area contributed by atoms with Crippen molar-refractivity contribution in [2.75, 3.05) is 26.7 Å². The zero-order valence-electron chi connectivity index (χ0n) is 13.7. The highest BCUT2D eigenvalue weighted by Crippen LogP contribution is 2.24. The molecule has 2 nitrogen and oxygen atoms in total. The Morgan fingerprint density at radius 2 is 1.80 bits per heavy atom. The Labute approximate surface area is 124 Å². The molecular weight excluding hydrogens is 244 g/mol. The van der Waals surface area contributed by atoms with Crippen molar-refractivity contribution in [3.05, 3.63) is 34.9 Å². The molecule has 1 N–H and O–H groups in total. The van der Waals surface area contributed by atoms with Crippen molar-refractivity contribution in [3.8, 4) is 0 Å². The number of rotatable bonds is 4. The quantitative estimate of drug-likeness (QED) is 0.903. The van der Waals surface area contributed by atoms with Crippen LogP contribution in [0.1, 0.15) is 43.0 Å². The van der Waals surface area contributed by atoms with Gasteiger partial charge >= 0.3 is 0 Å². The second-order valence-corrected chi connectivity index (χ2v) is 6.85. The molecule has 1 aliphatic heterocycles. The molecule has 3 unspecified atom stereocenters. The highest BCUT2D eigenvalue weighted by Gasteiger charge is 2.24. The van der Waals surface area contributed by atoms with Gasteiger partial charge in [0.1, 0.15) is 0 Å². The summed E-state index contributed by atoms with van der Waals surface area (Å²) in [5.41, 5.74) is 4.19. The van der Waals surface area contributed by atoms with E-state index in [4.69, 9.17) is 0 Å². The maximum atomic E-state index is 3.50. The molecule has 0 amide bonds. The minimum absolute atomic E-state index is 0.437. The van der Waals surface area contributed by atoms with Gasteiger partial charge in [-0.1, -0.05) is 32.0 Å². The predicted octanol–water partition coefficient (Wildman–Crippen LogP) is 3.54. The van der Waals surface area contributed by atoms with Crippen molar-refractivity contribution < 1.29 is 0 Å². The van der Waals surface area contributed by atoms with Crippen molar-refractivity contribution in [1.82, 2.24) is 10.2 Å². The summed E-state index contributed by atoms with van der Waals surface area (Å²) in [7, 11) is 2.08. The normalized spacial score (nSPS) is 25.6. The van der Waals surface area contributed by atoms with Crippen LogP contribution >= 0.6 is 0 Å². The fourth-order valence-corrected chi connectivity index (χ4v) is 3.54. The van der Waals surface area contributed by atoms with Crippen LogP contribution in [0.3, 0.4) is 0 Å². The summed E-state index contributed by atoms with van der Waals surface area (Å²) in [6.07, 6.45) is 1.38. The molecule has 1 saturated heterocycles. The number of nitrogens with zero attached hydrogens (tertiary/aromatic N) is 1. The Balaban J connectivity index is 2.06. The first kappa shape index (κ1) is 15.5. The summed E-state index contributed by atoms with van der Waals surface area (Å²) >= 11 is 0. The van der Waals surface area contributed by atoms with Crippen LogP contribution in [-0.2, 0) is 0 Å². The Bertz CT molecular complexity index is 431. The van der Waals surface area contributed by atoms with E-state index in [9.17, 15) is 0 Å². The van der Waals surface area contributed by atoms with E-state index in [1.165, 1.54) is 36.2 Å². The van der Waals surface area contributed by atoms with E-state index < -0.39 is 0 Å². The molecule has 0 saturated carbocycles. The van der Waals surface area contributed by atoms with Crippen LogP contribution in [0.4, 0.5) is 0 Å². The summed E-state index contributed by atoms with van der Waals surface area (Å²) in [5, 5.41) is 3.50. The monoisotopic (exact) mass is 274 g/mol. The average molecular weight is 274 g/mol. The molecule has 1 heterocycles. The lowest BCUT2D eigenvalue weighted by Crippen LogP contribution is -2.42. The number of likely N-dealkylation sites (tertiary alicyclic amines) is 1. The van der Waals surface area contributed by atoms with Crippen LogP contribution < -0.4 is 5.32 Å². The third-order valence-corrected chi connectivity index (χ3v) is 4.67. The van der Waals surface area contributed by atoms with Gasteiger partial charge in [-0.25, -0.2) is 0 Å². The predicted molar refractivity (Wildman–Crippen MR) is 87.1 cm³/mol. The SMILES string of the molecule is CNC(CN1CC(C)CC(C)C1)c1ccc(C)c(C)c1. The van der Waals surface area contributed by atoms with E-state index in [0.717, 1.165) is 18.4 Å². The molecule has 0 aromatic heterocycles. The van der Waals surface area contributed by atoms with Crippen LogP contribution in [0.2, 0.25) is 0 Å². The van der Waals surface area contributed by atoms with Crippen molar-refractivity contribution in [1.29, 1.82) is 0 Å². The molecule has 2 rings (SSSR count). The van der Waals surface area contributed by atoms with Gasteiger partial charge in [0.2, 0.25) is 0 Å². The zero-order valence-corrected chi connectivity index (χ0v) is 13.7. The highest BCUT2D eigenvalue weighted by molar-refractivity contribution is 5.31. The molecule has 1 aromatic carbocycles. The van der Waals surface area contributed by atoms with Gasteiger partial charge in [0.15, 0.2) is 0 Å². The second kappa shape index (κ2) is 6.73. The third kappa shape index (κ3) is 3.83. The van der Waals surface area contributed by atoms with Crippen LogP contribution in [0, 0.1) is 25.7 Å². The third-order valence-electron chi connectivity index (χ3n) is 4.67. The Morgan fingerprint density at radius 1 is 1.15 bits per heavy atom. The Hall–Kier alpha value is -0.860. The molecule has 2 heteroatoms. The fourth-order valence-electron chi connectivity index (χ4n) is 3.54. The molecule has 0 bridgehead atoms. The van der Waals surface area contributed by atoms with E-state index >= 15 is 0 Å². The zero-order chi connectivity index (χ0) is 14.7. The van der Waals surface area contributed by atoms with Crippen LogP contribution in [0.5, 0.6) is 0 Å². The smallest absolute Gasteiger partial charge is 0.0446 e. The second-order valence-electron chi connectivity index (χ2n) is 6.85. The Morgan fingerprint density at radius 3 is 2.35 bits per heavy atom. The first-order valence-electron chi connectivity index (χ1n) is 7.96. The minimum atomic E-state index is 0.437. The van der Waals surface area contributed by atoms with Gasteiger partial charge in [-0.15, -0.1) is 0 Å². The first-order valence-corrected chi connectivity index (χ1v) is 7.96. The molecule has 1 aromatic rings. The summed E-state index contributed by atoms with van der Waals surface area (Å²) in [5.74, 6) is 1.66. The molecule has 1 aliphatic rings. The lowest BCUT2D eigenvalue weighted by atomic mass is 9.91. The number of likely N-dealkylation sites (N-methyl/N-ethyl adjacent to an activating group) is 1. The summed E-state index contributed by atoms with van der Waals surface area (Å²) in [4.78, 5) is 2.63. The fraction of sp³-hybridized carbons (Fsp3) is 0.667. The summed E-state index contributed by atoms with van der Waals surface area (Å²) < 4.78 is 0. The molecule has 0 aliphatic carbocycles. The van der Waals surface area contributed by atoms with Gasteiger partial charge < -0.3 is 10.2 Å². The van der Waals surface area contributed by atoms with Gasteiger partial charge in [0.25, 0.3) is 0 Å². The lowest BCUT2D eigenvalue weighted by Gasteiger charge is -2.37.